The predicted molar refractivity (Wildman–Crippen MR) is 79.5 cm³/mol. The molecule has 2 aliphatic rings. The molecule has 4 nitrogen and oxygen atoms in total. The first-order chi connectivity index (χ1) is 9.93. The quantitative estimate of drug-likeness (QED) is 0.914. The molecule has 1 N–H and O–H groups in total. The first kappa shape index (κ1) is 14.4. The molecule has 1 spiro atoms. The Bertz CT molecular complexity index is 606. The Kier molecular flexibility index (Phi) is 3.44. The number of benzene rings is 1. The van der Waals surface area contributed by atoms with Crippen molar-refractivity contribution in [3.8, 4) is 0 Å². The predicted octanol–water partition coefficient (Wildman–Crippen LogP) is 2.98. The van der Waals surface area contributed by atoms with Crippen LogP contribution in [0.3, 0.4) is 0 Å². The monoisotopic (exact) mass is 307 g/mol. The highest BCUT2D eigenvalue weighted by Gasteiger charge is 2.59. The zero-order valence-corrected chi connectivity index (χ0v) is 12.7. The van der Waals surface area contributed by atoms with Crippen molar-refractivity contribution < 1.29 is 14.7 Å². The Labute approximate surface area is 128 Å². The SMILES string of the molecule is Cc1cc(C(=O)N2CCC3(CC2)CC3C(=O)O)ccc1Cl. The topological polar surface area (TPSA) is 57.6 Å². The molecule has 3 rings (SSSR count). The molecule has 1 atom stereocenters. The summed E-state index contributed by atoms with van der Waals surface area (Å²) in [6.45, 7) is 3.17. The summed E-state index contributed by atoms with van der Waals surface area (Å²) in [5.74, 6) is -0.882. The van der Waals surface area contributed by atoms with Gasteiger partial charge in [0.15, 0.2) is 0 Å². The number of carbonyl (C=O) groups excluding carboxylic acids is 1. The Hall–Kier alpha value is -1.55. The molecule has 2 fully saturated rings. The number of aliphatic carboxylic acids is 1. The van der Waals surface area contributed by atoms with Gasteiger partial charge in [0.25, 0.3) is 5.91 Å². The molecule has 1 aromatic carbocycles. The van der Waals surface area contributed by atoms with E-state index in [1.165, 1.54) is 0 Å². The zero-order valence-electron chi connectivity index (χ0n) is 11.9. The number of piperidine rings is 1. The van der Waals surface area contributed by atoms with Gasteiger partial charge in [-0.3, -0.25) is 9.59 Å². The van der Waals surface area contributed by atoms with Crippen LogP contribution in [0.2, 0.25) is 5.02 Å². The van der Waals surface area contributed by atoms with E-state index in [0.29, 0.717) is 23.7 Å². The van der Waals surface area contributed by atoms with Gasteiger partial charge in [-0.1, -0.05) is 11.6 Å². The van der Waals surface area contributed by atoms with Crippen LogP contribution in [0.5, 0.6) is 0 Å². The van der Waals surface area contributed by atoms with Crippen LogP contribution in [0.4, 0.5) is 0 Å². The molecule has 1 amide bonds. The minimum Gasteiger partial charge on any atom is -0.481 e. The molecule has 0 radical (unpaired) electrons. The summed E-state index contributed by atoms with van der Waals surface area (Å²) in [5, 5.41) is 9.75. The summed E-state index contributed by atoms with van der Waals surface area (Å²) < 4.78 is 0. The number of hydrogen-bond donors (Lipinski definition) is 1. The fourth-order valence-corrected chi connectivity index (χ4v) is 3.48. The third-order valence-electron chi connectivity index (χ3n) is 4.94. The number of carbonyl (C=O) groups is 2. The number of rotatable bonds is 2. The second-order valence-electron chi connectivity index (χ2n) is 6.21. The number of halogens is 1. The number of amides is 1. The normalized spacial score (nSPS) is 23.1. The molecule has 1 saturated heterocycles. The summed E-state index contributed by atoms with van der Waals surface area (Å²) in [5.41, 5.74) is 1.50. The molecular formula is C16H18ClNO3. The van der Waals surface area contributed by atoms with Crippen LogP contribution in [0.15, 0.2) is 18.2 Å². The van der Waals surface area contributed by atoms with Crippen LogP contribution >= 0.6 is 11.6 Å². The maximum Gasteiger partial charge on any atom is 0.307 e. The first-order valence-corrected chi connectivity index (χ1v) is 7.59. The lowest BCUT2D eigenvalue weighted by atomic mass is 9.90. The number of likely N-dealkylation sites (tertiary alicyclic amines) is 1. The number of carboxylic acids is 1. The van der Waals surface area contributed by atoms with E-state index >= 15 is 0 Å². The van der Waals surface area contributed by atoms with Crippen molar-refractivity contribution in [2.24, 2.45) is 11.3 Å². The molecule has 1 aliphatic heterocycles. The molecule has 0 bridgehead atoms. The van der Waals surface area contributed by atoms with E-state index in [1.807, 2.05) is 17.9 Å². The molecule has 21 heavy (non-hydrogen) atoms. The Morgan fingerprint density at radius 1 is 1.33 bits per heavy atom. The molecule has 0 aromatic heterocycles. The standard InChI is InChI=1S/C16H18ClNO3/c1-10-8-11(2-3-13(10)17)14(19)18-6-4-16(5-7-18)9-12(16)15(20)21/h2-3,8,12H,4-7,9H2,1H3,(H,20,21). The highest BCUT2D eigenvalue weighted by atomic mass is 35.5. The summed E-state index contributed by atoms with van der Waals surface area (Å²) in [4.78, 5) is 25.3. The fraction of sp³-hybridized carbons (Fsp3) is 0.500. The van der Waals surface area contributed by atoms with E-state index in [9.17, 15) is 9.59 Å². The Morgan fingerprint density at radius 2 is 2.00 bits per heavy atom. The number of carboxylic acid groups (broad SMARTS) is 1. The lowest BCUT2D eigenvalue weighted by Gasteiger charge is -2.32. The van der Waals surface area contributed by atoms with Crippen LogP contribution in [-0.4, -0.2) is 35.0 Å². The zero-order chi connectivity index (χ0) is 15.2. The smallest absolute Gasteiger partial charge is 0.307 e. The van der Waals surface area contributed by atoms with Crippen molar-refractivity contribution in [2.45, 2.75) is 26.2 Å². The highest BCUT2D eigenvalue weighted by molar-refractivity contribution is 6.31. The van der Waals surface area contributed by atoms with Gasteiger partial charge < -0.3 is 10.0 Å². The van der Waals surface area contributed by atoms with Crippen molar-refractivity contribution in [3.63, 3.8) is 0 Å². The molecule has 1 aliphatic carbocycles. The van der Waals surface area contributed by atoms with E-state index in [1.54, 1.807) is 12.1 Å². The van der Waals surface area contributed by atoms with Crippen LogP contribution in [-0.2, 0) is 4.79 Å². The molecule has 1 heterocycles. The van der Waals surface area contributed by atoms with E-state index < -0.39 is 5.97 Å². The number of hydrogen-bond acceptors (Lipinski definition) is 2. The number of aryl methyl sites for hydroxylation is 1. The average Bonchev–Trinajstić information content (AvgIpc) is 3.16. The molecule has 112 valence electrons. The minimum atomic E-state index is -0.692. The van der Waals surface area contributed by atoms with Gasteiger partial charge in [-0.25, -0.2) is 0 Å². The van der Waals surface area contributed by atoms with E-state index in [2.05, 4.69) is 0 Å². The molecule has 5 heteroatoms. The van der Waals surface area contributed by atoms with Crippen molar-refractivity contribution in [1.29, 1.82) is 0 Å². The largest absolute Gasteiger partial charge is 0.481 e. The lowest BCUT2D eigenvalue weighted by molar-refractivity contribution is -0.139. The lowest BCUT2D eigenvalue weighted by Crippen LogP contribution is -2.40. The summed E-state index contributed by atoms with van der Waals surface area (Å²) in [6.07, 6.45) is 2.36. The van der Waals surface area contributed by atoms with Gasteiger partial charge in [-0.05, 0) is 55.4 Å². The third-order valence-corrected chi connectivity index (χ3v) is 5.36. The van der Waals surface area contributed by atoms with Gasteiger partial charge in [-0.2, -0.15) is 0 Å². The molecular weight excluding hydrogens is 290 g/mol. The van der Waals surface area contributed by atoms with Gasteiger partial charge in [0.1, 0.15) is 0 Å². The first-order valence-electron chi connectivity index (χ1n) is 7.21. The van der Waals surface area contributed by atoms with Crippen molar-refractivity contribution in [3.05, 3.63) is 34.3 Å². The van der Waals surface area contributed by atoms with Gasteiger partial charge in [-0.15, -0.1) is 0 Å². The third kappa shape index (κ3) is 2.53. The van der Waals surface area contributed by atoms with Gasteiger partial charge in [0, 0.05) is 23.7 Å². The fourth-order valence-electron chi connectivity index (χ4n) is 3.36. The van der Waals surface area contributed by atoms with Crippen molar-refractivity contribution >= 4 is 23.5 Å². The summed E-state index contributed by atoms with van der Waals surface area (Å²) >= 11 is 5.98. The van der Waals surface area contributed by atoms with Gasteiger partial charge in [0.2, 0.25) is 0 Å². The van der Waals surface area contributed by atoms with Gasteiger partial charge >= 0.3 is 5.97 Å². The van der Waals surface area contributed by atoms with E-state index in [0.717, 1.165) is 24.8 Å². The number of nitrogens with zero attached hydrogens (tertiary/aromatic N) is 1. The second kappa shape index (κ2) is 5.02. The van der Waals surface area contributed by atoms with Crippen molar-refractivity contribution in [2.75, 3.05) is 13.1 Å². The van der Waals surface area contributed by atoms with Crippen LogP contribution in [0.1, 0.15) is 35.2 Å². The highest BCUT2D eigenvalue weighted by Crippen LogP contribution is 2.59. The second-order valence-corrected chi connectivity index (χ2v) is 6.62. The maximum absolute atomic E-state index is 12.5. The van der Waals surface area contributed by atoms with Crippen LogP contribution < -0.4 is 0 Å². The van der Waals surface area contributed by atoms with E-state index in [-0.39, 0.29) is 17.2 Å². The molecule has 1 unspecified atom stereocenters. The summed E-state index contributed by atoms with van der Waals surface area (Å²) in [7, 11) is 0. The minimum absolute atomic E-state index is 0.0112. The van der Waals surface area contributed by atoms with Crippen LogP contribution in [0, 0.1) is 18.3 Å². The van der Waals surface area contributed by atoms with Crippen LogP contribution in [0.25, 0.3) is 0 Å². The van der Waals surface area contributed by atoms with E-state index in [4.69, 9.17) is 16.7 Å². The average molecular weight is 308 g/mol. The Balaban J connectivity index is 1.66. The maximum atomic E-state index is 12.5. The molecule has 1 saturated carbocycles. The molecule has 1 aromatic rings. The Morgan fingerprint density at radius 3 is 2.52 bits per heavy atom. The summed E-state index contributed by atoms with van der Waals surface area (Å²) in [6, 6.07) is 5.31. The van der Waals surface area contributed by atoms with Crippen molar-refractivity contribution in [1.82, 2.24) is 4.90 Å². The van der Waals surface area contributed by atoms with Gasteiger partial charge in [0.05, 0.1) is 5.92 Å².